The number of nitrogens with zero attached hydrogens (tertiary/aromatic N) is 4. The Hall–Kier alpha value is -7.00. The summed E-state index contributed by atoms with van der Waals surface area (Å²) in [5.41, 5.74) is 6.17. The number of hydrogen-bond acceptors (Lipinski definition) is 8. The van der Waals surface area contributed by atoms with Crippen LogP contribution in [0.2, 0.25) is 0 Å². The van der Waals surface area contributed by atoms with Gasteiger partial charge in [0.25, 0.3) is 5.91 Å². The third-order valence-electron chi connectivity index (χ3n) is 13.4. The molecule has 3 fully saturated rings. The van der Waals surface area contributed by atoms with Gasteiger partial charge in [-0.1, -0.05) is 80.6 Å². The standard InChI is InChI=1S/C49H50N8O7/c1-25(2)40(54-48(60)61)46(58)56-23-26(24-63-3)18-38(56)44-50-35-16-12-30-19-28(10-14-33(30)42(35)52-44)29-11-15-34-31(20-29)13-17-36-43(34)53-45(51-36)39-22-32-21-37(32)57(39)47(59)41(55-49(62)64-4)27-8-6-5-7-9-27/h5-17,19-20,25-26,32,37-41,54H,18,21-24H2,1-4H3,(H,50,52)(H,51,53)(H,55,62)(H,60,61)/t26-,32?,37+,38-,39-,40-,41+/m0/s1. The highest BCUT2D eigenvalue weighted by Gasteiger charge is 2.56. The molecule has 7 aromatic rings. The monoisotopic (exact) mass is 862 g/mol. The molecule has 0 spiro atoms. The van der Waals surface area contributed by atoms with E-state index in [0.29, 0.717) is 36.9 Å². The van der Waals surface area contributed by atoms with E-state index in [2.05, 4.69) is 69.1 Å². The number of nitrogens with one attached hydrogen (secondary N) is 4. The van der Waals surface area contributed by atoms with Crippen molar-refractivity contribution in [2.24, 2.45) is 17.8 Å². The summed E-state index contributed by atoms with van der Waals surface area (Å²) in [7, 11) is 2.94. The van der Waals surface area contributed by atoms with E-state index < -0.39 is 24.3 Å². The zero-order valence-corrected chi connectivity index (χ0v) is 36.0. The highest BCUT2D eigenvalue weighted by molar-refractivity contribution is 6.07. The van der Waals surface area contributed by atoms with Crippen LogP contribution < -0.4 is 10.6 Å². The van der Waals surface area contributed by atoms with Crippen molar-refractivity contribution in [1.82, 2.24) is 40.4 Å². The van der Waals surface area contributed by atoms with Crippen LogP contribution in [-0.2, 0) is 19.1 Å². The molecular weight excluding hydrogens is 813 g/mol. The number of rotatable bonds is 11. The summed E-state index contributed by atoms with van der Waals surface area (Å²) in [5.74, 6) is 1.17. The second kappa shape index (κ2) is 16.3. The van der Waals surface area contributed by atoms with Crippen LogP contribution in [0.5, 0.6) is 0 Å². The van der Waals surface area contributed by atoms with Gasteiger partial charge in [0, 0.05) is 36.4 Å². The molecule has 64 heavy (non-hydrogen) atoms. The lowest BCUT2D eigenvalue weighted by Crippen LogP contribution is -2.51. The first-order chi connectivity index (χ1) is 31.0. The first kappa shape index (κ1) is 41.0. The molecule has 0 bridgehead atoms. The number of benzene rings is 5. The molecule has 2 saturated heterocycles. The van der Waals surface area contributed by atoms with Gasteiger partial charge in [-0.2, -0.15) is 0 Å². The second-order valence-electron chi connectivity index (χ2n) is 17.8. The molecular formula is C49H50N8O7. The molecule has 4 amide bonds. The number of H-pyrrole nitrogens is 2. The van der Waals surface area contributed by atoms with Crippen molar-refractivity contribution >= 4 is 67.6 Å². The van der Waals surface area contributed by atoms with Crippen molar-refractivity contribution in [3.05, 3.63) is 108 Å². The number of ether oxygens (including phenoxy) is 2. The lowest BCUT2D eigenvalue weighted by molar-refractivity contribution is -0.136. The van der Waals surface area contributed by atoms with Gasteiger partial charge < -0.3 is 45.0 Å². The van der Waals surface area contributed by atoms with Gasteiger partial charge in [-0.3, -0.25) is 9.59 Å². The Morgan fingerprint density at radius 3 is 1.97 bits per heavy atom. The van der Waals surface area contributed by atoms with Gasteiger partial charge in [-0.05, 0) is 82.8 Å². The van der Waals surface area contributed by atoms with E-state index in [0.717, 1.165) is 73.4 Å². The fourth-order valence-corrected chi connectivity index (χ4v) is 10.2. The molecule has 1 unspecified atom stereocenters. The molecule has 3 aliphatic rings. The van der Waals surface area contributed by atoms with Gasteiger partial charge >= 0.3 is 12.2 Å². The number of piperidine rings is 1. The van der Waals surface area contributed by atoms with Crippen molar-refractivity contribution < 1.29 is 33.8 Å². The number of carbonyl (C=O) groups excluding carboxylic acids is 3. The van der Waals surface area contributed by atoms with Gasteiger partial charge in [0.15, 0.2) is 0 Å². The first-order valence-corrected chi connectivity index (χ1v) is 21.8. The number of aromatic amines is 2. The maximum atomic E-state index is 14.3. The number of carboxylic acid groups (broad SMARTS) is 1. The largest absolute Gasteiger partial charge is 0.465 e. The summed E-state index contributed by atoms with van der Waals surface area (Å²) >= 11 is 0. The number of aromatic nitrogens is 4. The maximum Gasteiger partial charge on any atom is 0.407 e. The molecule has 1 saturated carbocycles. The summed E-state index contributed by atoms with van der Waals surface area (Å²) in [6.45, 7) is 4.58. The average molecular weight is 863 g/mol. The lowest BCUT2D eigenvalue weighted by atomic mass is 9.98. The number of carbonyl (C=O) groups is 4. The van der Waals surface area contributed by atoms with Crippen LogP contribution in [0.25, 0.3) is 54.7 Å². The van der Waals surface area contributed by atoms with Gasteiger partial charge in [-0.25, -0.2) is 19.6 Å². The van der Waals surface area contributed by atoms with Crippen LogP contribution in [0.1, 0.15) is 68.4 Å². The molecule has 15 heteroatoms. The molecule has 0 radical (unpaired) electrons. The van der Waals surface area contributed by atoms with E-state index in [9.17, 15) is 24.3 Å². The zero-order chi connectivity index (χ0) is 44.4. The van der Waals surface area contributed by atoms with Crippen molar-refractivity contribution in [1.29, 1.82) is 0 Å². The van der Waals surface area contributed by atoms with E-state index in [-0.39, 0.29) is 41.8 Å². The minimum atomic E-state index is -1.23. The molecule has 328 valence electrons. The van der Waals surface area contributed by atoms with Crippen molar-refractivity contribution in [3.8, 4) is 11.1 Å². The van der Waals surface area contributed by atoms with E-state index in [1.165, 1.54) is 7.11 Å². The van der Waals surface area contributed by atoms with Gasteiger partial charge in [0.1, 0.15) is 23.7 Å². The normalized spacial score (nSPS) is 21.4. The molecule has 2 aromatic heterocycles. The number of likely N-dealkylation sites (tertiary alicyclic amines) is 2. The predicted octanol–water partition coefficient (Wildman–Crippen LogP) is 8.00. The number of alkyl carbamates (subject to hydrolysis) is 1. The fraction of sp³-hybridized carbons (Fsp3) is 0.347. The Balaban J connectivity index is 0.926. The van der Waals surface area contributed by atoms with Crippen molar-refractivity contribution in [3.63, 3.8) is 0 Å². The fourth-order valence-electron chi connectivity index (χ4n) is 10.2. The van der Waals surface area contributed by atoms with Gasteiger partial charge in [0.05, 0.1) is 47.9 Å². The molecule has 1 aliphatic carbocycles. The molecule has 15 nitrogen and oxygen atoms in total. The molecule has 2 aliphatic heterocycles. The van der Waals surface area contributed by atoms with Crippen LogP contribution in [0.15, 0.2) is 91.0 Å². The van der Waals surface area contributed by atoms with Crippen molar-refractivity contribution in [2.75, 3.05) is 27.4 Å². The van der Waals surface area contributed by atoms with Crippen molar-refractivity contribution in [2.45, 2.75) is 63.3 Å². The number of imidazole rings is 2. The molecule has 10 rings (SSSR count). The summed E-state index contributed by atoms with van der Waals surface area (Å²) in [5, 5.41) is 18.8. The van der Waals surface area contributed by atoms with Gasteiger partial charge in [0.2, 0.25) is 5.91 Å². The number of hydrogen-bond donors (Lipinski definition) is 5. The number of methoxy groups -OCH3 is 2. The number of amides is 4. The topological polar surface area (TPSA) is 195 Å². The zero-order valence-electron chi connectivity index (χ0n) is 36.0. The summed E-state index contributed by atoms with van der Waals surface area (Å²) in [6, 6.07) is 27.9. The minimum absolute atomic E-state index is 0.0766. The predicted molar refractivity (Wildman–Crippen MR) is 241 cm³/mol. The second-order valence-corrected chi connectivity index (χ2v) is 17.8. The Bertz CT molecular complexity index is 2970. The van der Waals surface area contributed by atoms with Crippen LogP contribution in [0, 0.1) is 17.8 Å². The highest BCUT2D eigenvalue weighted by atomic mass is 16.5. The molecule has 5 N–H and O–H groups in total. The maximum absolute atomic E-state index is 14.3. The Morgan fingerprint density at radius 2 is 1.39 bits per heavy atom. The highest BCUT2D eigenvalue weighted by Crippen LogP contribution is 2.54. The Labute approximate surface area is 368 Å². The van der Waals surface area contributed by atoms with E-state index >= 15 is 0 Å². The smallest absolute Gasteiger partial charge is 0.407 e. The Kier molecular flexibility index (Phi) is 10.4. The van der Waals surface area contributed by atoms with Crippen LogP contribution in [-0.4, -0.2) is 98.3 Å². The quantitative estimate of drug-likeness (QED) is 0.0857. The summed E-state index contributed by atoms with van der Waals surface area (Å²) < 4.78 is 10.4. The lowest BCUT2D eigenvalue weighted by Gasteiger charge is -2.30. The van der Waals surface area contributed by atoms with Crippen LogP contribution in [0.3, 0.4) is 0 Å². The molecule has 7 atom stereocenters. The Morgan fingerprint density at radius 1 is 0.766 bits per heavy atom. The third-order valence-corrected chi connectivity index (χ3v) is 13.4. The van der Waals surface area contributed by atoms with Gasteiger partial charge in [-0.15, -0.1) is 0 Å². The summed E-state index contributed by atoms with van der Waals surface area (Å²) in [4.78, 5) is 73.1. The molecule has 5 aromatic carbocycles. The van der Waals surface area contributed by atoms with E-state index in [4.69, 9.17) is 19.4 Å². The number of fused-ring (bicyclic) bond motifs is 7. The third kappa shape index (κ3) is 7.32. The van der Waals surface area contributed by atoms with Crippen LogP contribution in [0.4, 0.5) is 9.59 Å². The van der Waals surface area contributed by atoms with Crippen LogP contribution >= 0.6 is 0 Å². The van der Waals surface area contributed by atoms with E-state index in [1.807, 2.05) is 61.2 Å². The summed E-state index contributed by atoms with van der Waals surface area (Å²) in [6.07, 6.45) is 0.469. The molecule has 4 heterocycles. The average Bonchev–Trinajstić information content (AvgIpc) is 3.72. The van der Waals surface area contributed by atoms with E-state index in [1.54, 1.807) is 12.0 Å². The minimum Gasteiger partial charge on any atom is -0.465 e. The first-order valence-electron chi connectivity index (χ1n) is 21.8. The SMILES string of the molecule is COC[C@H]1C[C@@H](c2nc3ccc4cc(-c5ccc6c(ccc7nc([C@@H]8CC9C[C@H]9N8C(=O)[C@H](NC(=O)OC)c8ccccc8)[nH]c76)c5)ccc4c3[nH]2)N(C(=O)[C@@H](NC(=O)O)C(C)C)C1.